The van der Waals surface area contributed by atoms with Crippen molar-refractivity contribution in [2.24, 2.45) is 0 Å². The molecule has 0 radical (unpaired) electrons. The van der Waals surface area contributed by atoms with Gasteiger partial charge in [0.15, 0.2) is 6.61 Å². The normalized spacial score (nSPS) is 9.88. The molecule has 1 N–H and O–H groups in total. The van der Waals surface area contributed by atoms with Crippen molar-refractivity contribution in [3.05, 3.63) is 48.0 Å². The molecule has 1 amide bonds. The summed E-state index contributed by atoms with van der Waals surface area (Å²) in [5.41, 5.74) is 0.782. The molecule has 25 heavy (non-hydrogen) atoms. The van der Waals surface area contributed by atoms with E-state index in [4.69, 9.17) is 18.9 Å². The number of esters is 1. The first kappa shape index (κ1) is 18.1. The summed E-state index contributed by atoms with van der Waals surface area (Å²) in [7, 11) is 4.31. The summed E-state index contributed by atoms with van der Waals surface area (Å²) in [4.78, 5) is 23.8. The first-order valence-electron chi connectivity index (χ1n) is 7.40. The van der Waals surface area contributed by atoms with Crippen LogP contribution in [0, 0.1) is 0 Å². The van der Waals surface area contributed by atoms with Crippen molar-refractivity contribution in [2.75, 3.05) is 33.3 Å². The van der Waals surface area contributed by atoms with E-state index < -0.39 is 5.97 Å². The van der Waals surface area contributed by atoms with Gasteiger partial charge >= 0.3 is 5.97 Å². The van der Waals surface area contributed by atoms with Crippen LogP contribution in [-0.2, 0) is 9.53 Å². The van der Waals surface area contributed by atoms with E-state index in [0.29, 0.717) is 17.2 Å². The predicted molar refractivity (Wildman–Crippen MR) is 91.5 cm³/mol. The lowest BCUT2D eigenvalue weighted by Crippen LogP contribution is -2.21. The van der Waals surface area contributed by atoms with Crippen molar-refractivity contribution in [1.29, 1.82) is 0 Å². The third-order valence-electron chi connectivity index (χ3n) is 3.31. The highest BCUT2D eigenvalue weighted by Gasteiger charge is 2.15. The van der Waals surface area contributed by atoms with Gasteiger partial charge in [0.05, 0.1) is 21.3 Å². The third-order valence-corrected chi connectivity index (χ3v) is 3.31. The lowest BCUT2D eigenvalue weighted by atomic mass is 10.2. The Labute approximate surface area is 145 Å². The lowest BCUT2D eigenvalue weighted by Gasteiger charge is -2.12. The third kappa shape index (κ3) is 4.87. The second kappa shape index (κ2) is 8.58. The number of rotatable bonds is 7. The van der Waals surface area contributed by atoms with Gasteiger partial charge in [-0.3, -0.25) is 4.79 Å². The first-order chi connectivity index (χ1) is 12.1. The van der Waals surface area contributed by atoms with Crippen LogP contribution in [0.1, 0.15) is 10.4 Å². The van der Waals surface area contributed by atoms with Crippen molar-refractivity contribution >= 4 is 17.6 Å². The number of carbonyl (C=O) groups is 2. The van der Waals surface area contributed by atoms with Crippen molar-refractivity contribution < 1.29 is 28.5 Å². The number of benzene rings is 2. The molecule has 0 bridgehead atoms. The maximum Gasteiger partial charge on any atom is 0.341 e. The number of anilines is 1. The van der Waals surface area contributed by atoms with Gasteiger partial charge in [0.25, 0.3) is 5.91 Å². The number of nitrogens with one attached hydrogen (secondary N) is 1. The second-order valence-electron chi connectivity index (χ2n) is 4.92. The first-order valence-corrected chi connectivity index (χ1v) is 7.40. The zero-order valence-corrected chi connectivity index (χ0v) is 14.2. The molecule has 2 rings (SSSR count). The Hall–Kier alpha value is -3.22. The van der Waals surface area contributed by atoms with Gasteiger partial charge in [-0.05, 0) is 24.3 Å². The molecule has 7 heteroatoms. The summed E-state index contributed by atoms with van der Waals surface area (Å²) in [6.07, 6.45) is 0. The van der Waals surface area contributed by atoms with Crippen LogP contribution in [0.4, 0.5) is 5.69 Å². The van der Waals surface area contributed by atoms with Gasteiger partial charge in [-0.25, -0.2) is 4.79 Å². The van der Waals surface area contributed by atoms with Gasteiger partial charge < -0.3 is 24.3 Å². The van der Waals surface area contributed by atoms with Crippen LogP contribution in [0.2, 0.25) is 0 Å². The number of methoxy groups -OCH3 is 3. The SMILES string of the molecule is COC(=O)c1ccc(OC)cc1OCC(=O)Nc1cccc(OC)c1. The van der Waals surface area contributed by atoms with Crippen LogP contribution in [0.5, 0.6) is 17.2 Å². The molecule has 0 heterocycles. The molecule has 0 aliphatic carbocycles. The number of ether oxygens (including phenoxy) is 4. The minimum Gasteiger partial charge on any atom is -0.497 e. The molecule has 2 aromatic rings. The van der Waals surface area contributed by atoms with Crippen LogP contribution in [0.15, 0.2) is 42.5 Å². The Morgan fingerprint density at radius 2 is 1.68 bits per heavy atom. The Kier molecular flexibility index (Phi) is 6.22. The highest BCUT2D eigenvalue weighted by molar-refractivity contribution is 5.94. The van der Waals surface area contributed by atoms with Gasteiger partial charge in [-0.1, -0.05) is 6.07 Å². The molecule has 0 aromatic heterocycles. The number of hydrogen-bond acceptors (Lipinski definition) is 6. The maximum absolute atomic E-state index is 12.1. The van der Waals surface area contributed by atoms with E-state index in [1.807, 2.05) is 0 Å². The molecule has 0 atom stereocenters. The number of amides is 1. The predicted octanol–water partition coefficient (Wildman–Crippen LogP) is 2.51. The number of hydrogen-bond donors (Lipinski definition) is 1. The van der Waals surface area contributed by atoms with E-state index in [2.05, 4.69) is 5.32 Å². The summed E-state index contributed by atoms with van der Waals surface area (Å²) in [6.45, 7) is -0.283. The van der Waals surface area contributed by atoms with Gasteiger partial charge in [-0.2, -0.15) is 0 Å². The van der Waals surface area contributed by atoms with Crippen molar-refractivity contribution in [1.82, 2.24) is 0 Å². The Morgan fingerprint density at radius 3 is 2.36 bits per heavy atom. The quantitative estimate of drug-likeness (QED) is 0.777. The van der Waals surface area contributed by atoms with Gasteiger partial charge in [-0.15, -0.1) is 0 Å². The van der Waals surface area contributed by atoms with E-state index in [1.165, 1.54) is 26.4 Å². The Bertz CT molecular complexity index is 759. The van der Waals surface area contributed by atoms with Crippen LogP contribution < -0.4 is 19.5 Å². The zero-order chi connectivity index (χ0) is 18.2. The van der Waals surface area contributed by atoms with Crippen LogP contribution in [-0.4, -0.2) is 39.8 Å². The minimum atomic E-state index is -0.564. The number of carbonyl (C=O) groups excluding carboxylic acids is 2. The molecule has 132 valence electrons. The standard InChI is InChI=1S/C18H19NO6/c1-22-13-6-4-5-12(9-13)19-17(20)11-25-16-10-14(23-2)7-8-15(16)18(21)24-3/h4-10H,11H2,1-3H3,(H,19,20). The van der Waals surface area contributed by atoms with E-state index in [1.54, 1.807) is 37.4 Å². The molecule has 0 aliphatic rings. The van der Waals surface area contributed by atoms with Crippen molar-refractivity contribution in [2.45, 2.75) is 0 Å². The summed E-state index contributed by atoms with van der Waals surface area (Å²) in [5.74, 6) is 0.375. The molecular formula is C18H19NO6. The summed E-state index contributed by atoms with van der Waals surface area (Å²) >= 11 is 0. The molecule has 0 saturated heterocycles. The highest BCUT2D eigenvalue weighted by atomic mass is 16.5. The molecule has 0 saturated carbocycles. The fourth-order valence-electron chi connectivity index (χ4n) is 2.07. The molecule has 0 unspecified atom stereocenters. The monoisotopic (exact) mass is 345 g/mol. The van der Waals surface area contributed by atoms with E-state index >= 15 is 0 Å². The van der Waals surface area contributed by atoms with Crippen LogP contribution >= 0.6 is 0 Å². The van der Waals surface area contributed by atoms with Crippen molar-refractivity contribution in [3.8, 4) is 17.2 Å². The average Bonchev–Trinajstić information content (AvgIpc) is 2.65. The molecule has 0 spiro atoms. The lowest BCUT2D eigenvalue weighted by molar-refractivity contribution is -0.118. The zero-order valence-electron chi connectivity index (χ0n) is 14.2. The molecular weight excluding hydrogens is 326 g/mol. The van der Waals surface area contributed by atoms with Crippen LogP contribution in [0.25, 0.3) is 0 Å². The molecule has 0 fully saturated rings. The summed E-state index contributed by atoms with van der Waals surface area (Å²) < 4.78 is 20.4. The van der Waals surface area contributed by atoms with Gasteiger partial charge in [0.1, 0.15) is 22.8 Å². The van der Waals surface area contributed by atoms with Crippen molar-refractivity contribution in [3.63, 3.8) is 0 Å². The Morgan fingerprint density at radius 1 is 0.960 bits per heavy atom. The summed E-state index contributed by atoms with van der Waals surface area (Å²) in [5, 5.41) is 2.69. The highest BCUT2D eigenvalue weighted by Crippen LogP contribution is 2.25. The molecule has 2 aromatic carbocycles. The average molecular weight is 345 g/mol. The molecule has 0 aliphatic heterocycles. The van der Waals surface area contributed by atoms with Crippen LogP contribution in [0.3, 0.4) is 0 Å². The van der Waals surface area contributed by atoms with E-state index in [0.717, 1.165) is 0 Å². The van der Waals surface area contributed by atoms with Gasteiger partial charge in [0.2, 0.25) is 0 Å². The minimum absolute atomic E-state index is 0.201. The van der Waals surface area contributed by atoms with Gasteiger partial charge in [0, 0.05) is 17.8 Å². The summed E-state index contributed by atoms with van der Waals surface area (Å²) in [6, 6.07) is 11.6. The topological polar surface area (TPSA) is 83.1 Å². The fourth-order valence-corrected chi connectivity index (χ4v) is 2.07. The second-order valence-corrected chi connectivity index (χ2v) is 4.92. The fraction of sp³-hybridized carbons (Fsp3) is 0.222. The Balaban J connectivity index is 2.06. The largest absolute Gasteiger partial charge is 0.497 e. The smallest absolute Gasteiger partial charge is 0.341 e. The maximum atomic E-state index is 12.1. The van der Waals surface area contributed by atoms with E-state index in [-0.39, 0.29) is 23.8 Å². The molecule has 7 nitrogen and oxygen atoms in total. The van der Waals surface area contributed by atoms with E-state index in [9.17, 15) is 9.59 Å².